The zero-order chi connectivity index (χ0) is 10.7. The first kappa shape index (κ1) is 11.0. The standard InChI is InChI=1S/C12H17NOS/c1-15-11-5-3-10(4-6-11)12(14)7-2-8-13-9-12/h3-6,13-14H,2,7-9H2,1H3. The Bertz CT molecular complexity index is 317. The number of hydrogen-bond acceptors (Lipinski definition) is 3. The first-order chi connectivity index (χ1) is 7.24. The van der Waals surface area contributed by atoms with Crippen LogP contribution in [-0.2, 0) is 5.60 Å². The highest BCUT2D eigenvalue weighted by molar-refractivity contribution is 7.98. The van der Waals surface area contributed by atoms with Crippen LogP contribution in [0.5, 0.6) is 0 Å². The van der Waals surface area contributed by atoms with Crippen molar-refractivity contribution in [3.63, 3.8) is 0 Å². The second-order valence-electron chi connectivity index (χ2n) is 4.04. The topological polar surface area (TPSA) is 32.3 Å². The van der Waals surface area contributed by atoms with E-state index in [-0.39, 0.29) is 0 Å². The summed E-state index contributed by atoms with van der Waals surface area (Å²) in [6.45, 7) is 1.69. The van der Waals surface area contributed by atoms with Crippen molar-refractivity contribution in [3.05, 3.63) is 29.8 Å². The third-order valence-corrected chi connectivity index (χ3v) is 3.73. The van der Waals surface area contributed by atoms with Crippen LogP contribution in [0.15, 0.2) is 29.2 Å². The van der Waals surface area contributed by atoms with E-state index in [0.29, 0.717) is 6.54 Å². The lowest BCUT2D eigenvalue weighted by atomic mass is 9.87. The molecule has 1 unspecified atom stereocenters. The Kier molecular flexibility index (Phi) is 3.34. The molecule has 0 spiro atoms. The van der Waals surface area contributed by atoms with E-state index in [1.807, 2.05) is 12.1 Å². The highest BCUT2D eigenvalue weighted by Crippen LogP contribution is 2.29. The van der Waals surface area contributed by atoms with Crippen LogP contribution in [0.2, 0.25) is 0 Å². The minimum Gasteiger partial charge on any atom is -0.384 e. The van der Waals surface area contributed by atoms with Crippen molar-refractivity contribution in [2.45, 2.75) is 23.3 Å². The number of hydrogen-bond donors (Lipinski definition) is 2. The summed E-state index contributed by atoms with van der Waals surface area (Å²) < 4.78 is 0. The fourth-order valence-electron chi connectivity index (χ4n) is 2.04. The van der Waals surface area contributed by atoms with E-state index in [4.69, 9.17) is 0 Å². The van der Waals surface area contributed by atoms with Crippen molar-refractivity contribution >= 4 is 11.8 Å². The molecule has 0 aliphatic carbocycles. The minimum atomic E-state index is -0.658. The van der Waals surface area contributed by atoms with Gasteiger partial charge in [-0.3, -0.25) is 0 Å². The molecular formula is C12H17NOS. The molecule has 1 heterocycles. The van der Waals surface area contributed by atoms with E-state index in [2.05, 4.69) is 23.7 Å². The molecule has 0 amide bonds. The molecule has 2 rings (SSSR count). The van der Waals surface area contributed by atoms with Gasteiger partial charge in [0.15, 0.2) is 0 Å². The van der Waals surface area contributed by atoms with Crippen LogP contribution >= 0.6 is 11.8 Å². The normalized spacial score (nSPS) is 26.5. The first-order valence-electron chi connectivity index (χ1n) is 5.32. The van der Waals surface area contributed by atoms with Gasteiger partial charge in [-0.2, -0.15) is 0 Å². The Labute approximate surface area is 95.1 Å². The van der Waals surface area contributed by atoms with E-state index < -0.39 is 5.60 Å². The molecule has 1 aliphatic rings. The van der Waals surface area contributed by atoms with E-state index in [1.165, 1.54) is 4.90 Å². The fourth-order valence-corrected chi connectivity index (χ4v) is 2.45. The third kappa shape index (κ3) is 2.36. The predicted molar refractivity (Wildman–Crippen MR) is 64.2 cm³/mol. The number of aliphatic hydroxyl groups is 1. The monoisotopic (exact) mass is 223 g/mol. The molecule has 0 aromatic heterocycles. The summed E-state index contributed by atoms with van der Waals surface area (Å²) in [5.74, 6) is 0. The van der Waals surface area contributed by atoms with Gasteiger partial charge in [-0.1, -0.05) is 12.1 Å². The highest BCUT2D eigenvalue weighted by Gasteiger charge is 2.30. The lowest BCUT2D eigenvalue weighted by molar-refractivity contribution is 0.0123. The van der Waals surface area contributed by atoms with Gasteiger partial charge in [-0.15, -0.1) is 11.8 Å². The van der Waals surface area contributed by atoms with Gasteiger partial charge in [-0.05, 0) is 43.3 Å². The highest BCUT2D eigenvalue weighted by atomic mass is 32.2. The molecule has 1 saturated heterocycles. The zero-order valence-electron chi connectivity index (χ0n) is 8.99. The Hall–Kier alpha value is -0.510. The molecule has 1 atom stereocenters. The van der Waals surface area contributed by atoms with Crippen LogP contribution in [0.3, 0.4) is 0 Å². The lowest BCUT2D eigenvalue weighted by Crippen LogP contribution is -2.43. The molecule has 1 aromatic carbocycles. The molecule has 1 aromatic rings. The van der Waals surface area contributed by atoms with E-state index in [9.17, 15) is 5.11 Å². The summed E-state index contributed by atoms with van der Waals surface area (Å²) in [5, 5.41) is 13.7. The van der Waals surface area contributed by atoms with Gasteiger partial charge in [0.05, 0.1) is 0 Å². The Morgan fingerprint density at radius 3 is 2.60 bits per heavy atom. The number of piperidine rings is 1. The molecular weight excluding hydrogens is 206 g/mol. The van der Waals surface area contributed by atoms with E-state index in [1.54, 1.807) is 11.8 Å². The maximum absolute atomic E-state index is 10.4. The Morgan fingerprint density at radius 1 is 1.33 bits per heavy atom. The van der Waals surface area contributed by atoms with E-state index in [0.717, 1.165) is 24.9 Å². The molecule has 2 N–H and O–H groups in total. The van der Waals surface area contributed by atoms with Gasteiger partial charge >= 0.3 is 0 Å². The molecule has 1 fully saturated rings. The van der Waals surface area contributed by atoms with Crippen LogP contribution in [0, 0.1) is 0 Å². The molecule has 1 aliphatic heterocycles. The largest absolute Gasteiger partial charge is 0.384 e. The molecule has 82 valence electrons. The predicted octanol–water partition coefficient (Wildman–Crippen LogP) is 1.98. The minimum absolute atomic E-state index is 0.658. The van der Waals surface area contributed by atoms with Crippen LogP contribution < -0.4 is 5.32 Å². The maximum Gasteiger partial charge on any atom is 0.102 e. The number of thioether (sulfide) groups is 1. The first-order valence-corrected chi connectivity index (χ1v) is 6.55. The quantitative estimate of drug-likeness (QED) is 0.752. The molecule has 15 heavy (non-hydrogen) atoms. The van der Waals surface area contributed by atoms with Crippen molar-refractivity contribution in [2.75, 3.05) is 19.3 Å². The van der Waals surface area contributed by atoms with Crippen LogP contribution in [-0.4, -0.2) is 24.5 Å². The van der Waals surface area contributed by atoms with Gasteiger partial charge in [0.25, 0.3) is 0 Å². The average molecular weight is 223 g/mol. The van der Waals surface area contributed by atoms with Crippen molar-refractivity contribution in [1.29, 1.82) is 0 Å². The molecule has 3 heteroatoms. The summed E-state index contributed by atoms with van der Waals surface area (Å²) in [6.07, 6.45) is 3.96. The van der Waals surface area contributed by atoms with Gasteiger partial charge < -0.3 is 10.4 Å². The van der Waals surface area contributed by atoms with Gasteiger partial charge in [0.1, 0.15) is 5.60 Å². The summed E-state index contributed by atoms with van der Waals surface area (Å²) in [4.78, 5) is 1.24. The van der Waals surface area contributed by atoms with E-state index >= 15 is 0 Å². The SMILES string of the molecule is CSc1ccc(C2(O)CCCNC2)cc1. The van der Waals surface area contributed by atoms with Gasteiger partial charge in [0.2, 0.25) is 0 Å². The average Bonchev–Trinajstić information content (AvgIpc) is 2.30. The van der Waals surface area contributed by atoms with Gasteiger partial charge in [0, 0.05) is 11.4 Å². The maximum atomic E-state index is 10.4. The van der Waals surface area contributed by atoms with Crippen molar-refractivity contribution in [2.24, 2.45) is 0 Å². The van der Waals surface area contributed by atoms with Crippen molar-refractivity contribution in [1.82, 2.24) is 5.32 Å². The lowest BCUT2D eigenvalue weighted by Gasteiger charge is -2.33. The Balaban J connectivity index is 2.20. The molecule has 0 bridgehead atoms. The van der Waals surface area contributed by atoms with Crippen LogP contribution in [0.4, 0.5) is 0 Å². The molecule has 0 radical (unpaired) electrons. The number of rotatable bonds is 2. The number of nitrogens with one attached hydrogen (secondary N) is 1. The molecule has 2 nitrogen and oxygen atoms in total. The van der Waals surface area contributed by atoms with Crippen LogP contribution in [0.1, 0.15) is 18.4 Å². The summed E-state index contributed by atoms with van der Waals surface area (Å²) >= 11 is 1.73. The Morgan fingerprint density at radius 2 is 2.07 bits per heavy atom. The summed E-state index contributed by atoms with van der Waals surface area (Å²) in [5.41, 5.74) is 0.377. The van der Waals surface area contributed by atoms with Gasteiger partial charge in [-0.25, -0.2) is 0 Å². The van der Waals surface area contributed by atoms with Crippen LogP contribution in [0.25, 0.3) is 0 Å². The molecule has 0 saturated carbocycles. The van der Waals surface area contributed by atoms with Crippen molar-refractivity contribution in [3.8, 4) is 0 Å². The zero-order valence-corrected chi connectivity index (χ0v) is 9.81. The number of β-amino-alcohol motifs (C(OH)–C–C–N with tert-alkyl or cyclic N) is 1. The second-order valence-corrected chi connectivity index (χ2v) is 4.92. The fraction of sp³-hybridized carbons (Fsp3) is 0.500. The smallest absolute Gasteiger partial charge is 0.102 e. The third-order valence-electron chi connectivity index (χ3n) is 2.99. The second kappa shape index (κ2) is 4.56. The summed E-state index contributed by atoms with van der Waals surface area (Å²) in [7, 11) is 0. The summed E-state index contributed by atoms with van der Waals surface area (Å²) in [6, 6.07) is 8.23. The van der Waals surface area contributed by atoms with Crippen molar-refractivity contribution < 1.29 is 5.11 Å². The number of benzene rings is 1.